The summed E-state index contributed by atoms with van der Waals surface area (Å²) in [6.45, 7) is 0.178. The Morgan fingerprint density at radius 3 is 2.62 bits per heavy atom. The van der Waals surface area contributed by atoms with Crippen LogP contribution in [0.4, 0.5) is 0 Å². The number of hydrogen-bond donors (Lipinski definition) is 3. The van der Waals surface area contributed by atoms with E-state index in [-0.39, 0.29) is 29.5 Å². The van der Waals surface area contributed by atoms with E-state index < -0.39 is 27.9 Å². The van der Waals surface area contributed by atoms with Crippen LogP contribution < -0.4 is 10.0 Å². The zero-order valence-electron chi connectivity index (χ0n) is 14.6. The monoisotopic (exact) mass is 384 g/mol. The van der Waals surface area contributed by atoms with Crippen molar-refractivity contribution in [2.75, 3.05) is 13.7 Å². The lowest BCUT2D eigenvalue weighted by Gasteiger charge is -2.15. The second-order valence-corrected chi connectivity index (χ2v) is 7.99. The molecule has 1 saturated carbocycles. The average molecular weight is 384 g/mol. The predicted molar refractivity (Wildman–Crippen MR) is 94.4 cm³/mol. The van der Waals surface area contributed by atoms with Gasteiger partial charge in [0.15, 0.2) is 0 Å². The summed E-state index contributed by atoms with van der Waals surface area (Å²) >= 11 is 0. The van der Waals surface area contributed by atoms with Crippen molar-refractivity contribution in [3.05, 3.63) is 29.8 Å². The van der Waals surface area contributed by atoms with Gasteiger partial charge < -0.3 is 15.2 Å². The third-order valence-corrected chi connectivity index (χ3v) is 5.82. The van der Waals surface area contributed by atoms with Crippen molar-refractivity contribution in [1.82, 2.24) is 10.0 Å². The Hall–Kier alpha value is -1.97. The van der Waals surface area contributed by atoms with Gasteiger partial charge in [0.25, 0.3) is 5.91 Å². The van der Waals surface area contributed by atoms with Crippen LogP contribution in [0, 0.1) is 0 Å². The number of carboxylic acids is 1. The molecule has 0 aromatic heterocycles. The Kier molecular flexibility index (Phi) is 7.13. The Balaban J connectivity index is 2.11. The number of benzene rings is 1. The molecular formula is C17H24N2O6S. The third-order valence-electron chi connectivity index (χ3n) is 4.30. The van der Waals surface area contributed by atoms with E-state index in [0.717, 1.165) is 25.7 Å². The minimum Gasteiger partial charge on any atom is -0.480 e. The smallest absolute Gasteiger partial charge is 0.326 e. The van der Waals surface area contributed by atoms with Gasteiger partial charge in [-0.2, -0.15) is 0 Å². The molecule has 9 heteroatoms. The van der Waals surface area contributed by atoms with Crippen LogP contribution in [0.25, 0.3) is 0 Å². The van der Waals surface area contributed by atoms with Crippen LogP contribution in [0.1, 0.15) is 42.5 Å². The largest absolute Gasteiger partial charge is 0.480 e. The zero-order valence-corrected chi connectivity index (χ0v) is 15.4. The van der Waals surface area contributed by atoms with E-state index in [0.29, 0.717) is 0 Å². The number of aliphatic carboxylic acids is 1. The summed E-state index contributed by atoms with van der Waals surface area (Å²) in [6, 6.07) is 4.37. The van der Waals surface area contributed by atoms with E-state index in [9.17, 15) is 18.0 Å². The molecule has 1 amide bonds. The number of ether oxygens (including phenoxy) is 1. The molecule has 0 saturated heterocycles. The molecular weight excluding hydrogens is 360 g/mol. The first-order chi connectivity index (χ1) is 12.3. The van der Waals surface area contributed by atoms with Crippen molar-refractivity contribution >= 4 is 21.9 Å². The zero-order chi connectivity index (χ0) is 19.2. The fourth-order valence-electron chi connectivity index (χ4n) is 2.87. The highest BCUT2D eigenvalue weighted by Crippen LogP contribution is 2.21. The van der Waals surface area contributed by atoms with E-state index in [2.05, 4.69) is 10.0 Å². The highest BCUT2D eigenvalue weighted by molar-refractivity contribution is 7.89. The van der Waals surface area contributed by atoms with Crippen LogP contribution in [0.15, 0.2) is 29.2 Å². The van der Waals surface area contributed by atoms with Crippen LogP contribution in [0.3, 0.4) is 0 Å². The van der Waals surface area contributed by atoms with E-state index >= 15 is 0 Å². The normalized spacial score (nSPS) is 16.3. The molecule has 1 atom stereocenters. The van der Waals surface area contributed by atoms with Crippen molar-refractivity contribution in [1.29, 1.82) is 0 Å². The van der Waals surface area contributed by atoms with Gasteiger partial charge in [0.05, 0.1) is 4.90 Å². The summed E-state index contributed by atoms with van der Waals surface area (Å²) in [5, 5.41) is 11.5. The van der Waals surface area contributed by atoms with Gasteiger partial charge in [0, 0.05) is 31.7 Å². The molecule has 0 aliphatic heterocycles. The maximum atomic E-state index is 12.5. The van der Waals surface area contributed by atoms with E-state index in [1.54, 1.807) is 0 Å². The number of carbonyl (C=O) groups is 2. The van der Waals surface area contributed by atoms with Crippen molar-refractivity contribution in [3.8, 4) is 0 Å². The van der Waals surface area contributed by atoms with Gasteiger partial charge in [0.2, 0.25) is 10.0 Å². The fourth-order valence-corrected chi connectivity index (χ4v) is 4.22. The quantitative estimate of drug-likeness (QED) is 0.587. The van der Waals surface area contributed by atoms with Gasteiger partial charge in [-0.15, -0.1) is 0 Å². The van der Waals surface area contributed by atoms with Gasteiger partial charge in [-0.25, -0.2) is 17.9 Å². The third kappa shape index (κ3) is 5.52. The first kappa shape index (κ1) is 20.3. The van der Waals surface area contributed by atoms with Crippen LogP contribution in [-0.4, -0.2) is 51.2 Å². The van der Waals surface area contributed by atoms with E-state index in [1.807, 2.05) is 0 Å². The van der Waals surface area contributed by atoms with Gasteiger partial charge >= 0.3 is 5.97 Å². The minimum atomic E-state index is -3.73. The maximum Gasteiger partial charge on any atom is 0.326 e. The topological polar surface area (TPSA) is 122 Å². The second kappa shape index (κ2) is 9.11. The molecule has 3 N–H and O–H groups in total. The molecule has 1 fully saturated rings. The molecule has 1 unspecified atom stereocenters. The Bertz CT molecular complexity index is 743. The predicted octanol–water partition coefficient (Wildman–Crippen LogP) is 1.13. The molecule has 1 aromatic rings. The summed E-state index contributed by atoms with van der Waals surface area (Å²) in [4.78, 5) is 23.5. The van der Waals surface area contributed by atoms with E-state index in [1.165, 1.54) is 31.4 Å². The summed E-state index contributed by atoms with van der Waals surface area (Å²) in [5.41, 5.74) is 0.0861. The molecule has 26 heavy (non-hydrogen) atoms. The van der Waals surface area contributed by atoms with Crippen molar-refractivity contribution in [2.24, 2.45) is 0 Å². The van der Waals surface area contributed by atoms with Gasteiger partial charge in [-0.1, -0.05) is 18.9 Å². The highest BCUT2D eigenvalue weighted by atomic mass is 32.2. The molecule has 0 radical (unpaired) electrons. The maximum absolute atomic E-state index is 12.5. The highest BCUT2D eigenvalue weighted by Gasteiger charge is 2.24. The summed E-state index contributed by atoms with van der Waals surface area (Å²) < 4.78 is 32.5. The second-order valence-electron chi connectivity index (χ2n) is 6.28. The number of hydrogen-bond acceptors (Lipinski definition) is 5. The molecule has 8 nitrogen and oxygen atoms in total. The minimum absolute atomic E-state index is 0.0131. The average Bonchev–Trinajstić information content (AvgIpc) is 3.10. The van der Waals surface area contributed by atoms with Gasteiger partial charge in [0.1, 0.15) is 6.04 Å². The van der Waals surface area contributed by atoms with Gasteiger partial charge in [-0.05, 0) is 31.0 Å². The number of methoxy groups -OCH3 is 1. The van der Waals surface area contributed by atoms with Gasteiger partial charge in [-0.3, -0.25) is 4.79 Å². The Morgan fingerprint density at radius 1 is 1.31 bits per heavy atom. The summed E-state index contributed by atoms with van der Waals surface area (Å²) in [7, 11) is -2.29. The first-order valence-electron chi connectivity index (χ1n) is 8.48. The number of carboxylic acid groups (broad SMARTS) is 1. The molecule has 0 heterocycles. The SMILES string of the molecule is COCCC(NC(=O)c1cccc(S(=O)(=O)NC2CCCC2)c1)C(=O)O. The Morgan fingerprint density at radius 2 is 2.00 bits per heavy atom. The number of rotatable bonds is 9. The number of sulfonamides is 1. The molecule has 0 bridgehead atoms. The van der Waals surface area contributed by atoms with Crippen LogP contribution in [-0.2, 0) is 19.6 Å². The standard InChI is InChI=1S/C17H24N2O6S/c1-25-10-9-15(17(21)22)18-16(20)12-5-4-8-14(11-12)26(23,24)19-13-6-2-3-7-13/h4-5,8,11,13,15,19H,2-3,6-7,9-10H2,1H3,(H,18,20)(H,21,22). The molecule has 144 valence electrons. The van der Waals surface area contributed by atoms with Crippen molar-refractivity contribution in [3.63, 3.8) is 0 Å². The van der Waals surface area contributed by atoms with Crippen LogP contribution >= 0.6 is 0 Å². The lowest BCUT2D eigenvalue weighted by molar-refractivity contribution is -0.139. The van der Waals surface area contributed by atoms with Crippen LogP contribution in [0.2, 0.25) is 0 Å². The molecule has 1 aromatic carbocycles. The number of nitrogens with one attached hydrogen (secondary N) is 2. The lowest BCUT2D eigenvalue weighted by Crippen LogP contribution is -2.41. The van der Waals surface area contributed by atoms with Crippen LogP contribution in [0.5, 0.6) is 0 Å². The molecule has 2 rings (SSSR count). The van der Waals surface area contributed by atoms with Crippen molar-refractivity contribution in [2.45, 2.75) is 49.1 Å². The lowest BCUT2D eigenvalue weighted by atomic mass is 10.1. The molecule has 0 spiro atoms. The summed E-state index contributed by atoms with van der Waals surface area (Å²) in [5.74, 6) is -1.83. The first-order valence-corrected chi connectivity index (χ1v) is 9.97. The summed E-state index contributed by atoms with van der Waals surface area (Å²) in [6.07, 6.45) is 3.71. The number of amides is 1. The fraction of sp³-hybridized carbons (Fsp3) is 0.529. The van der Waals surface area contributed by atoms with Crippen molar-refractivity contribution < 1.29 is 27.9 Å². The molecule has 1 aliphatic rings. The number of carbonyl (C=O) groups excluding carboxylic acids is 1. The Labute approximate surface area is 153 Å². The van der Waals surface area contributed by atoms with E-state index in [4.69, 9.17) is 9.84 Å². The molecule has 1 aliphatic carbocycles.